The first-order valence-electron chi connectivity index (χ1n) is 27.0. The summed E-state index contributed by atoms with van der Waals surface area (Å²) in [5.41, 5.74) is -2.94. The molecule has 0 saturated carbocycles. The minimum Gasteiger partial charge on any atom is -0.455 e. The molecule has 0 aromatic heterocycles. The number of hydrogen-bond donors (Lipinski definition) is 2. The second kappa shape index (κ2) is 27.6. The van der Waals surface area contributed by atoms with Crippen LogP contribution >= 0.6 is 28.2 Å². The molecule has 1 spiro atoms. The highest BCUT2D eigenvalue weighted by molar-refractivity contribution is 7.48. The number of aryl methyl sites for hydroxylation is 1. The maximum Gasteiger partial charge on any atom is 0.471 e. The van der Waals surface area contributed by atoms with E-state index in [0.29, 0.717) is 37.0 Å². The number of benzene rings is 4. The SMILES string of the molecule is [C-]#[N+]CCOP(OCCCCCCNC(=O)CCc1cc2c(c(Cl)c1OC(=O)C(C)(C)C)Oc1cc(OC(=O)C(C)(C)C)c3ccccc3c1C21OC(=O)c2ccc([PH](=O)OCCCCNC(=O)C(F)(F)F)cc21)N(C(C)C)C(C)C. The van der Waals surface area contributed by atoms with Gasteiger partial charge < -0.3 is 48.0 Å². The molecule has 440 valence electrons. The van der Waals surface area contributed by atoms with E-state index in [4.69, 9.17) is 50.7 Å². The van der Waals surface area contributed by atoms with Gasteiger partial charge in [0.25, 0.3) is 8.53 Å². The lowest BCUT2D eigenvalue weighted by atomic mass is 9.75. The molecule has 0 fully saturated rings. The number of hydrogen-bond acceptors (Lipinski definition) is 14. The number of nitrogens with one attached hydrogen (secondary N) is 2. The summed E-state index contributed by atoms with van der Waals surface area (Å²) >= 11 is 7.39. The van der Waals surface area contributed by atoms with Crippen LogP contribution < -0.4 is 30.1 Å². The Labute approximate surface area is 478 Å². The summed E-state index contributed by atoms with van der Waals surface area (Å²) in [5, 5.41) is 5.58. The summed E-state index contributed by atoms with van der Waals surface area (Å²) < 4.78 is 97.7. The van der Waals surface area contributed by atoms with Gasteiger partial charge in [0.15, 0.2) is 17.1 Å². The molecule has 2 aliphatic heterocycles. The highest BCUT2D eigenvalue weighted by Gasteiger charge is 2.56. The van der Waals surface area contributed by atoms with E-state index < -0.39 is 63.0 Å². The van der Waals surface area contributed by atoms with E-state index in [1.165, 1.54) is 24.3 Å². The average molecular weight is 1190 g/mol. The smallest absolute Gasteiger partial charge is 0.455 e. The van der Waals surface area contributed by atoms with Crippen molar-refractivity contribution in [2.45, 2.75) is 144 Å². The van der Waals surface area contributed by atoms with Crippen molar-refractivity contribution in [3.05, 3.63) is 98.9 Å². The highest BCUT2D eigenvalue weighted by Crippen LogP contribution is 2.62. The fourth-order valence-electron chi connectivity index (χ4n) is 9.06. The molecule has 81 heavy (non-hydrogen) atoms. The van der Waals surface area contributed by atoms with E-state index in [2.05, 4.69) is 42.5 Å². The van der Waals surface area contributed by atoms with Crippen molar-refractivity contribution >= 4 is 74.0 Å². The molecular formula is C58H72ClF3N4O13P2. The molecule has 4 aromatic rings. The van der Waals surface area contributed by atoms with Crippen molar-refractivity contribution in [2.24, 2.45) is 10.8 Å². The molecule has 0 aliphatic carbocycles. The number of halogens is 4. The van der Waals surface area contributed by atoms with Crippen LogP contribution in [0.4, 0.5) is 13.2 Å². The minimum atomic E-state index is -5.03. The lowest BCUT2D eigenvalue weighted by Gasteiger charge is -2.39. The molecule has 4 aromatic carbocycles. The van der Waals surface area contributed by atoms with Crippen molar-refractivity contribution in [3.63, 3.8) is 0 Å². The molecule has 2 aliphatic rings. The summed E-state index contributed by atoms with van der Waals surface area (Å²) in [4.78, 5) is 70.0. The molecule has 2 N–H and O–H groups in total. The van der Waals surface area contributed by atoms with Crippen molar-refractivity contribution in [1.82, 2.24) is 15.3 Å². The molecule has 3 unspecified atom stereocenters. The number of alkyl halides is 3. The minimum absolute atomic E-state index is 0.0265. The fourth-order valence-corrected chi connectivity index (χ4v) is 12.0. The summed E-state index contributed by atoms with van der Waals surface area (Å²) in [6, 6.07) is 14.8. The fraction of sp³-hybridized carbons (Fsp3) is 0.517. The Hall–Kier alpha value is -5.64. The van der Waals surface area contributed by atoms with Gasteiger partial charge in [-0.15, -0.1) is 0 Å². The molecular weight excluding hydrogens is 1120 g/mol. The Morgan fingerprint density at radius 3 is 2.07 bits per heavy atom. The number of unbranched alkanes of at least 4 members (excludes halogenated alkanes) is 4. The summed E-state index contributed by atoms with van der Waals surface area (Å²) in [7, 11) is -4.47. The van der Waals surface area contributed by atoms with Crippen LogP contribution in [-0.2, 0) is 54.1 Å². The van der Waals surface area contributed by atoms with E-state index in [9.17, 15) is 41.7 Å². The van der Waals surface area contributed by atoms with Crippen LogP contribution in [-0.4, -0.2) is 92.1 Å². The number of fused-ring (bicyclic) bond motifs is 8. The van der Waals surface area contributed by atoms with E-state index in [0.717, 1.165) is 19.3 Å². The van der Waals surface area contributed by atoms with Gasteiger partial charge in [-0.3, -0.25) is 23.7 Å². The monoisotopic (exact) mass is 1190 g/mol. The maximum absolute atomic E-state index is 14.4. The third kappa shape index (κ3) is 15.7. The third-order valence-corrected chi connectivity index (χ3v) is 16.8. The Bertz CT molecular complexity index is 3040. The normalized spacial score (nSPS) is 15.6. The van der Waals surface area contributed by atoms with Crippen molar-refractivity contribution in [3.8, 4) is 23.0 Å². The van der Waals surface area contributed by atoms with Crippen molar-refractivity contribution < 1.29 is 74.2 Å². The van der Waals surface area contributed by atoms with E-state index in [1.54, 1.807) is 77.2 Å². The predicted molar refractivity (Wildman–Crippen MR) is 302 cm³/mol. The van der Waals surface area contributed by atoms with Crippen LogP contribution in [0.25, 0.3) is 15.6 Å². The van der Waals surface area contributed by atoms with Gasteiger partial charge in [0.1, 0.15) is 23.1 Å². The Morgan fingerprint density at radius 1 is 0.802 bits per heavy atom. The van der Waals surface area contributed by atoms with Gasteiger partial charge in [-0.05, 0) is 137 Å². The van der Waals surface area contributed by atoms with Gasteiger partial charge in [-0.2, -0.15) is 13.2 Å². The van der Waals surface area contributed by atoms with Gasteiger partial charge in [-0.1, -0.05) is 48.7 Å². The molecule has 0 bridgehead atoms. The summed E-state index contributed by atoms with van der Waals surface area (Å²) in [6.07, 6.45) is -1.81. The number of rotatable bonds is 26. The highest BCUT2D eigenvalue weighted by atomic mass is 35.5. The zero-order chi connectivity index (χ0) is 59.6. The first-order chi connectivity index (χ1) is 38.1. The van der Waals surface area contributed by atoms with Crippen LogP contribution in [0.3, 0.4) is 0 Å². The number of ether oxygens (including phenoxy) is 4. The second-order valence-electron chi connectivity index (χ2n) is 22.3. The average Bonchev–Trinajstić information content (AvgIpc) is 3.67. The predicted octanol–water partition coefficient (Wildman–Crippen LogP) is 12.4. The Kier molecular flexibility index (Phi) is 22.0. The lowest BCUT2D eigenvalue weighted by Crippen LogP contribution is -2.37. The first-order valence-corrected chi connectivity index (χ1v) is 29.8. The van der Waals surface area contributed by atoms with Crippen LogP contribution in [0, 0.1) is 17.4 Å². The van der Waals surface area contributed by atoms with E-state index in [1.807, 2.05) is 0 Å². The van der Waals surface area contributed by atoms with Crippen LogP contribution in [0.2, 0.25) is 5.02 Å². The molecule has 3 atom stereocenters. The largest absolute Gasteiger partial charge is 0.471 e. The lowest BCUT2D eigenvalue weighted by molar-refractivity contribution is -0.173. The summed E-state index contributed by atoms with van der Waals surface area (Å²) in [5.74, 6) is -4.44. The zero-order valence-electron chi connectivity index (χ0n) is 47.4. The van der Waals surface area contributed by atoms with Gasteiger partial charge in [0.05, 0.1) is 35.2 Å². The topological polar surface area (TPSA) is 199 Å². The quantitative estimate of drug-likeness (QED) is 0.0198. The molecule has 2 heterocycles. The van der Waals surface area contributed by atoms with Crippen molar-refractivity contribution in [2.75, 3.05) is 39.5 Å². The molecule has 6 rings (SSSR count). The van der Waals surface area contributed by atoms with Gasteiger partial charge in [0, 0.05) is 59.5 Å². The van der Waals surface area contributed by atoms with Crippen molar-refractivity contribution in [1.29, 1.82) is 0 Å². The van der Waals surface area contributed by atoms with E-state index in [-0.39, 0.29) is 125 Å². The first kappa shape index (κ1) is 64.5. The van der Waals surface area contributed by atoms with Gasteiger partial charge in [-0.25, -0.2) is 16.0 Å². The van der Waals surface area contributed by atoms with Crippen LogP contribution in [0.5, 0.6) is 23.0 Å². The van der Waals surface area contributed by atoms with Crippen LogP contribution in [0.1, 0.15) is 147 Å². The standard InChI is InChI=1S/C58H72ClF3N4O13P2/c1-35(2)66(36(3)4)81(75-31-28-63-11)74-30-18-13-12-16-26-64-46(67)25-22-37-32-43-50(48(59)49(37)78-54(71)56(8,9)10)76-45-34-44(77-53(70)55(5,6)7)39-20-14-15-21-40(39)47(45)57(43)42-33-38(23-24-41(42)51(68)79-57)80(72)73-29-19-17-27-65-52(69)58(60,61)62/h14-15,20-21,23-24,32-36,80H,12-13,16-19,22,25-31H2,1-10H3,(H,64,67)(H,65,69). The number of carbonyl (C=O) groups excluding carboxylic acids is 5. The van der Waals surface area contributed by atoms with E-state index >= 15 is 0 Å². The number of nitrogens with zero attached hydrogens (tertiary/aromatic N) is 2. The maximum atomic E-state index is 14.4. The number of carbonyl (C=O) groups is 5. The molecule has 2 amide bonds. The molecule has 0 saturated heterocycles. The second-order valence-corrected chi connectivity index (χ2v) is 25.5. The Morgan fingerprint density at radius 2 is 1.42 bits per heavy atom. The van der Waals surface area contributed by atoms with Gasteiger partial charge >= 0.3 is 30.0 Å². The molecule has 0 radical (unpaired) electrons. The molecule has 23 heteroatoms. The molecule has 17 nitrogen and oxygen atoms in total. The zero-order valence-corrected chi connectivity index (χ0v) is 50.1. The van der Waals surface area contributed by atoms with Crippen LogP contribution in [0.15, 0.2) is 54.6 Å². The summed E-state index contributed by atoms with van der Waals surface area (Å²) in [6.45, 7) is 26.5. The third-order valence-electron chi connectivity index (χ3n) is 13.1. The number of amides is 2. The Balaban J connectivity index is 1.33. The van der Waals surface area contributed by atoms with Gasteiger partial charge in [0.2, 0.25) is 20.5 Å². The number of esters is 3.